The van der Waals surface area contributed by atoms with Gasteiger partial charge in [0.25, 0.3) is 0 Å². The second kappa shape index (κ2) is 8.65. The lowest BCUT2D eigenvalue weighted by molar-refractivity contribution is 0.122. The van der Waals surface area contributed by atoms with Gasteiger partial charge >= 0.3 is 0 Å². The van der Waals surface area contributed by atoms with Gasteiger partial charge in [-0.3, -0.25) is 4.98 Å². The van der Waals surface area contributed by atoms with Gasteiger partial charge < -0.3 is 19.9 Å². The smallest absolute Gasteiger partial charge is 0.230 e. The van der Waals surface area contributed by atoms with E-state index in [0.29, 0.717) is 61.6 Å². The number of nitrogens with zero attached hydrogens (tertiary/aromatic N) is 5. The molecule has 1 saturated heterocycles. The Bertz CT molecular complexity index is 1180. The molecule has 2 N–H and O–H groups in total. The number of benzene rings is 1. The van der Waals surface area contributed by atoms with Gasteiger partial charge in [0.15, 0.2) is 5.82 Å². The molecule has 0 saturated carbocycles. The van der Waals surface area contributed by atoms with Crippen molar-refractivity contribution in [2.45, 2.75) is 6.42 Å². The Morgan fingerprint density at radius 3 is 2.84 bits per heavy atom. The zero-order valence-electron chi connectivity index (χ0n) is 16.9. The quantitative estimate of drug-likeness (QED) is 0.496. The van der Waals surface area contributed by atoms with E-state index in [1.165, 1.54) is 12.1 Å². The molecular weight excluding hydrogens is 397 g/mol. The van der Waals surface area contributed by atoms with E-state index in [1.54, 1.807) is 12.4 Å². The first kappa shape index (κ1) is 19.4. The molecule has 4 heterocycles. The first-order valence-corrected chi connectivity index (χ1v) is 10.3. The average molecular weight is 419 g/mol. The third kappa shape index (κ3) is 4.31. The van der Waals surface area contributed by atoms with E-state index >= 15 is 0 Å². The highest BCUT2D eigenvalue weighted by molar-refractivity contribution is 5.93. The highest BCUT2D eigenvalue weighted by Crippen LogP contribution is 2.29. The van der Waals surface area contributed by atoms with Crippen LogP contribution in [0.1, 0.15) is 5.69 Å². The van der Waals surface area contributed by atoms with E-state index < -0.39 is 0 Å². The van der Waals surface area contributed by atoms with Crippen molar-refractivity contribution in [1.29, 1.82) is 0 Å². The fraction of sp³-hybridized carbons (Fsp3) is 0.273. The third-order valence-corrected chi connectivity index (χ3v) is 5.18. The number of rotatable bonds is 6. The van der Waals surface area contributed by atoms with E-state index in [0.717, 1.165) is 17.5 Å². The van der Waals surface area contributed by atoms with Crippen LogP contribution in [-0.4, -0.2) is 57.8 Å². The van der Waals surface area contributed by atoms with Crippen molar-refractivity contribution in [2.75, 3.05) is 43.1 Å². The largest absolute Gasteiger partial charge is 0.378 e. The van der Waals surface area contributed by atoms with Crippen LogP contribution in [0.25, 0.3) is 22.3 Å². The molecular formula is C22H22FN7O. The summed E-state index contributed by atoms with van der Waals surface area (Å²) >= 11 is 0. The molecule has 1 aliphatic rings. The zero-order chi connectivity index (χ0) is 21.0. The number of aromatic nitrogens is 5. The topological polar surface area (TPSA) is 91.8 Å². The SMILES string of the molecule is Fc1cc(-c2nc(NCCc3ccccn3)nc(N3CCOCC3)n2)c2cc[nH]c2c1. The van der Waals surface area contributed by atoms with E-state index in [4.69, 9.17) is 4.74 Å². The molecule has 1 fully saturated rings. The van der Waals surface area contributed by atoms with E-state index in [-0.39, 0.29) is 5.82 Å². The van der Waals surface area contributed by atoms with Crippen LogP contribution in [0.3, 0.4) is 0 Å². The number of anilines is 2. The van der Waals surface area contributed by atoms with E-state index in [2.05, 4.69) is 35.1 Å². The summed E-state index contributed by atoms with van der Waals surface area (Å²) in [6, 6.07) is 10.7. The summed E-state index contributed by atoms with van der Waals surface area (Å²) in [4.78, 5) is 23.4. The van der Waals surface area contributed by atoms with Crippen molar-refractivity contribution in [3.05, 3.63) is 60.3 Å². The van der Waals surface area contributed by atoms with Gasteiger partial charge in [-0.1, -0.05) is 6.07 Å². The fourth-order valence-corrected chi connectivity index (χ4v) is 3.63. The van der Waals surface area contributed by atoms with Gasteiger partial charge in [-0.05, 0) is 30.3 Å². The summed E-state index contributed by atoms with van der Waals surface area (Å²) in [5.74, 6) is 1.10. The number of morpholine rings is 1. The predicted octanol–water partition coefficient (Wildman–Crippen LogP) is 3.05. The summed E-state index contributed by atoms with van der Waals surface area (Å²) in [5, 5.41) is 4.14. The van der Waals surface area contributed by atoms with Crippen LogP contribution in [0.15, 0.2) is 48.8 Å². The number of halogens is 1. The molecule has 0 unspecified atom stereocenters. The number of ether oxygens (including phenoxy) is 1. The maximum absolute atomic E-state index is 14.3. The van der Waals surface area contributed by atoms with E-state index in [1.807, 2.05) is 24.3 Å². The van der Waals surface area contributed by atoms with Crippen molar-refractivity contribution in [2.24, 2.45) is 0 Å². The van der Waals surface area contributed by atoms with Crippen LogP contribution in [0.2, 0.25) is 0 Å². The van der Waals surface area contributed by atoms with Gasteiger partial charge in [0, 0.05) is 60.6 Å². The molecule has 0 atom stereocenters. The fourth-order valence-electron chi connectivity index (χ4n) is 3.63. The number of H-pyrrole nitrogens is 1. The Morgan fingerprint density at radius 2 is 2.00 bits per heavy atom. The highest BCUT2D eigenvalue weighted by Gasteiger charge is 2.19. The summed E-state index contributed by atoms with van der Waals surface area (Å²) in [7, 11) is 0. The number of pyridine rings is 1. The number of aromatic amines is 1. The Hall–Kier alpha value is -3.59. The molecule has 158 valence electrons. The summed E-state index contributed by atoms with van der Waals surface area (Å²) < 4.78 is 19.7. The minimum atomic E-state index is -0.344. The van der Waals surface area contributed by atoms with E-state index in [9.17, 15) is 4.39 Å². The molecule has 8 nitrogen and oxygen atoms in total. The molecule has 3 aromatic heterocycles. The van der Waals surface area contributed by atoms with Crippen LogP contribution in [0.4, 0.5) is 16.3 Å². The minimum Gasteiger partial charge on any atom is -0.378 e. The molecule has 0 bridgehead atoms. The van der Waals surface area contributed by atoms with Crippen molar-refractivity contribution in [1.82, 2.24) is 24.9 Å². The Morgan fingerprint density at radius 1 is 1.10 bits per heavy atom. The molecule has 0 spiro atoms. The predicted molar refractivity (Wildman–Crippen MR) is 117 cm³/mol. The van der Waals surface area contributed by atoms with Gasteiger partial charge in [0.05, 0.1) is 13.2 Å². The standard InChI is InChI=1S/C22H22FN7O/c23-15-13-18(17-5-8-25-19(17)14-15)20-27-21(26-7-4-16-3-1-2-6-24-16)29-22(28-20)30-9-11-31-12-10-30/h1-3,5-6,8,13-14,25H,4,7,9-12H2,(H,26,27,28,29). The van der Waals surface area contributed by atoms with Gasteiger partial charge in [-0.25, -0.2) is 4.39 Å². The molecule has 9 heteroatoms. The zero-order valence-corrected chi connectivity index (χ0v) is 16.9. The van der Waals surface area contributed by atoms with Crippen molar-refractivity contribution < 1.29 is 9.13 Å². The number of hydrogen-bond acceptors (Lipinski definition) is 7. The Kier molecular flexibility index (Phi) is 5.40. The van der Waals surface area contributed by atoms with Crippen LogP contribution in [0, 0.1) is 5.82 Å². The van der Waals surface area contributed by atoms with Crippen LogP contribution >= 0.6 is 0 Å². The summed E-state index contributed by atoms with van der Waals surface area (Å²) in [6.07, 6.45) is 4.29. The Balaban J connectivity index is 1.49. The summed E-state index contributed by atoms with van der Waals surface area (Å²) in [6.45, 7) is 3.24. The van der Waals surface area contributed by atoms with Crippen molar-refractivity contribution in [3.63, 3.8) is 0 Å². The maximum atomic E-state index is 14.3. The second-order valence-corrected chi connectivity index (χ2v) is 7.27. The molecule has 31 heavy (non-hydrogen) atoms. The maximum Gasteiger partial charge on any atom is 0.230 e. The van der Waals surface area contributed by atoms with Crippen LogP contribution in [0.5, 0.6) is 0 Å². The molecule has 0 aliphatic carbocycles. The van der Waals surface area contributed by atoms with Gasteiger partial charge in [0.2, 0.25) is 11.9 Å². The normalized spacial score (nSPS) is 14.2. The molecule has 1 aromatic carbocycles. The lowest BCUT2D eigenvalue weighted by Crippen LogP contribution is -2.37. The first-order chi connectivity index (χ1) is 15.3. The molecule has 4 aromatic rings. The number of fused-ring (bicyclic) bond motifs is 1. The van der Waals surface area contributed by atoms with Crippen LogP contribution < -0.4 is 10.2 Å². The second-order valence-electron chi connectivity index (χ2n) is 7.27. The lowest BCUT2D eigenvalue weighted by Gasteiger charge is -2.27. The molecule has 5 rings (SSSR count). The van der Waals surface area contributed by atoms with Gasteiger partial charge in [-0.15, -0.1) is 0 Å². The Labute approximate surface area is 178 Å². The van der Waals surface area contributed by atoms with Crippen LogP contribution in [-0.2, 0) is 11.2 Å². The van der Waals surface area contributed by atoms with Crippen molar-refractivity contribution >= 4 is 22.8 Å². The van der Waals surface area contributed by atoms with Gasteiger partial charge in [-0.2, -0.15) is 15.0 Å². The monoisotopic (exact) mass is 419 g/mol. The van der Waals surface area contributed by atoms with Gasteiger partial charge in [0.1, 0.15) is 5.82 Å². The first-order valence-electron chi connectivity index (χ1n) is 10.3. The highest BCUT2D eigenvalue weighted by atomic mass is 19.1. The molecule has 0 radical (unpaired) electrons. The van der Waals surface area contributed by atoms with Crippen molar-refractivity contribution in [3.8, 4) is 11.4 Å². The average Bonchev–Trinajstić information content (AvgIpc) is 3.28. The molecule has 1 aliphatic heterocycles. The molecule has 0 amide bonds. The lowest BCUT2D eigenvalue weighted by atomic mass is 10.1. The third-order valence-electron chi connectivity index (χ3n) is 5.18. The summed E-state index contributed by atoms with van der Waals surface area (Å²) in [5.41, 5.74) is 2.31. The number of nitrogens with one attached hydrogen (secondary N) is 2. The minimum absolute atomic E-state index is 0.344. The number of hydrogen-bond donors (Lipinski definition) is 2.